The van der Waals surface area contributed by atoms with E-state index in [0.29, 0.717) is 35.2 Å². The number of benzene rings is 1. The van der Waals surface area contributed by atoms with Crippen molar-refractivity contribution in [3.63, 3.8) is 0 Å². The molecule has 1 aromatic heterocycles. The quantitative estimate of drug-likeness (QED) is 0.798. The van der Waals surface area contributed by atoms with Gasteiger partial charge in [0.05, 0.1) is 0 Å². The molecule has 0 aliphatic rings. The monoisotopic (exact) mass is 236 g/mol. The highest BCUT2D eigenvalue weighted by molar-refractivity contribution is 5.86. The summed E-state index contributed by atoms with van der Waals surface area (Å²) in [5.41, 5.74) is 6.96. The van der Waals surface area contributed by atoms with Crippen molar-refractivity contribution in [3.05, 3.63) is 29.6 Å². The van der Waals surface area contributed by atoms with Gasteiger partial charge in [-0.2, -0.15) is 0 Å². The lowest BCUT2D eigenvalue weighted by molar-refractivity contribution is -0.105. The average Bonchev–Trinajstić information content (AvgIpc) is 2.60. The van der Waals surface area contributed by atoms with E-state index in [9.17, 15) is 9.18 Å². The van der Waals surface area contributed by atoms with Crippen molar-refractivity contribution in [1.82, 2.24) is 0 Å². The van der Waals surface area contributed by atoms with Crippen molar-refractivity contribution in [1.29, 1.82) is 0 Å². The predicted molar refractivity (Wildman–Crippen MR) is 63.2 cm³/mol. The molecule has 2 rings (SSSR count). The third kappa shape index (κ3) is 2.45. The molecule has 0 fully saturated rings. The van der Waals surface area contributed by atoms with Crippen LogP contribution in [0.4, 0.5) is 10.3 Å². The summed E-state index contributed by atoms with van der Waals surface area (Å²) in [7, 11) is 0. The molecule has 0 saturated carbocycles. The van der Waals surface area contributed by atoms with Crippen molar-refractivity contribution >= 4 is 23.3 Å². The van der Waals surface area contributed by atoms with Crippen molar-refractivity contribution in [3.8, 4) is 0 Å². The third-order valence-corrected chi connectivity index (χ3v) is 2.40. The number of rotatable bonds is 4. The molecule has 0 aliphatic carbocycles. The Balaban J connectivity index is 2.52. The van der Waals surface area contributed by atoms with Crippen LogP contribution in [-0.4, -0.2) is 12.5 Å². The molecule has 2 aromatic rings. The molecule has 1 atom stereocenters. The van der Waals surface area contributed by atoms with Crippen LogP contribution in [0.3, 0.4) is 0 Å². The van der Waals surface area contributed by atoms with Crippen LogP contribution in [0.1, 0.15) is 12.5 Å². The van der Waals surface area contributed by atoms with Gasteiger partial charge >= 0.3 is 0 Å². The van der Waals surface area contributed by atoms with Crippen LogP contribution in [0.2, 0.25) is 0 Å². The zero-order chi connectivity index (χ0) is 12.4. The van der Waals surface area contributed by atoms with E-state index in [-0.39, 0.29) is 11.9 Å². The highest BCUT2D eigenvalue weighted by Gasteiger charge is 2.11. The number of halogens is 1. The van der Waals surface area contributed by atoms with Gasteiger partial charge in [0.25, 0.3) is 0 Å². The van der Waals surface area contributed by atoms with Gasteiger partial charge in [0.1, 0.15) is 11.4 Å². The Hall–Kier alpha value is -1.88. The lowest BCUT2D eigenvalue weighted by Gasteiger charge is -2.05. The maximum absolute atomic E-state index is 13.4. The summed E-state index contributed by atoms with van der Waals surface area (Å²) in [5.74, 6) is -0.0434. The first-order valence-electron chi connectivity index (χ1n) is 5.28. The Kier molecular flexibility index (Phi) is 3.10. The highest BCUT2D eigenvalue weighted by Crippen LogP contribution is 2.27. The summed E-state index contributed by atoms with van der Waals surface area (Å²) in [6.07, 6.45) is 1.03. The van der Waals surface area contributed by atoms with Crippen LogP contribution in [0, 0.1) is 5.82 Å². The minimum Gasteiger partial charge on any atom is -0.440 e. The fourth-order valence-corrected chi connectivity index (χ4v) is 1.81. The smallest absolute Gasteiger partial charge is 0.213 e. The first-order valence-corrected chi connectivity index (χ1v) is 5.28. The number of furan rings is 1. The largest absolute Gasteiger partial charge is 0.440 e. The van der Waals surface area contributed by atoms with E-state index >= 15 is 0 Å². The number of nitrogens with two attached hydrogens (primary N) is 1. The number of amides is 1. The summed E-state index contributed by atoms with van der Waals surface area (Å²) < 4.78 is 18.8. The molecule has 1 amide bonds. The molecule has 0 spiro atoms. The zero-order valence-corrected chi connectivity index (χ0v) is 9.37. The summed E-state index contributed by atoms with van der Waals surface area (Å²) in [6, 6.07) is 4.25. The Morgan fingerprint density at radius 2 is 2.29 bits per heavy atom. The van der Waals surface area contributed by atoms with E-state index < -0.39 is 0 Å². The van der Waals surface area contributed by atoms with Crippen LogP contribution in [-0.2, 0) is 11.2 Å². The fourth-order valence-electron chi connectivity index (χ4n) is 1.81. The van der Waals surface area contributed by atoms with Gasteiger partial charge in [-0.15, -0.1) is 0 Å². The van der Waals surface area contributed by atoms with Gasteiger partial charge in [-0.3, -0.25) is 10.1 Å². The van der Waals surface area contributed by atoms with Crippen LogP contribution in [0.25, 0.3) is 11.0 Å². The number of nitrogens with one attached hydrogen (secondary N) is 1. The van der Waals surface area contributed by atoms with Crippen molar-refractivity contribution in [2.45, 2.75) is 19.4 Å². The lowest BCUT2D eigenvalue weighted by Crippen LogP contribution is -2.17. The van der Waals surface area contributed by atoms with E-state index in [0.717, 1.165) is 0 Å². The Morgan fingerprint density at radius 1 is 1.53 bits per heavy atom. The molecule has 17 heavy (non-hydrogen) atoms. The van der Waals surface area contributed by atoms with E-state index in [1.807, 2.05) is 6.92 Å². The number of hydrogen-bond donors (Lipinski definition) is 2. The summed E-state index contributed by atoms with van der Waals surface area (Å²) in [6.45, 7) is 1.84. The van der Waals surface area contributed by atoms with E-state index in [4.69, 9.17) is 10.2 Å². The molecular weight excluding hydrogens is 223 g/mol. The van der Waals surface area contributed by atoms with Gasteiger partial charge in [-0.1, -0.05) is 0 Å². The molecule has 1 aromatic carbocycles. The van der Waals surface area contributed by atoms with E-state index in [1.165, 1.54) is 12.1 Å². The SMILES string of the molecule is CC(N)Cc1cc(F)cc2cc(NC=O)oc12. The molecular formula is C12H13FN2O2. The number of hydrogen-bond acceptors (Lipinski definition) is 3. The minimum absolute atomic E-state index is 0.0902. The Bertz CT molecular complexity index is 549. The molecule has 0 aliphatic heterocycles. The van der Waals surface area contributed by atoms with Crippen LogP contribution >= 0.6 is 0 Å². The van der Waals surface area contributed by atoms with Crippen LogP contribution in [0.15, 0.2) is 22.6 Å². The number of carbonyl (C=O) groups is 1. The molecule has 0 bridgehead atoms. The molecule has 0 saturated heterocycles. The summed E-state index contributed by atoms with van der Waals surface area (Å²) in [5, 5.41) is 3.01. The molecule has 1 heterocycles. The number of carbonyl (C=O) groups excluding carboxylic acids is 1. The van der Waals surface area contributed by atoms with Gasteiger partial charge in [-0.25, -0.2) is 4.39 Å². The fraction of sp³-hybridized carbons (Fsp3) is 0.250. The molecule has 5 heteroatoms. The second kappa shape index (κ2) is 4.55. The number of anilines is 1. The van der Waals surface area contributed by atoms with Gasteiger partial charge in [0.2, 0.25) is 12.3 Å². The topological polar surface area (TPSA) is 68.3 Å². The van der Waals surface area contributed by atoms with Crippen LogP contribution < -0.4 is 11.1 Å². The standard InChI is InChI=1S/C12H13FN2O2/c1-7(14)2-8-3-10(13)4-9-5-11(15-6-16)17-12(8)9/h3-7H,2,14H2,1H3,(H,15,16). The van der Waals surface area contributed by atoms with E-state index in [2.05, 4.69) is 5.32 Å². The summed E-state index contributed by atoms with van der Waals surface area (Å²) >= 11 is 0. The lowest BCUT2D eigenvalue weighted by atomic mass is 10.1. The number of fused-ring (bicyclic) bond motifs is 1. The predicted octanol–water partition coefficient (Wildman–Crippen LogP) is 2.03. The van der Waals surface area contributed by atoms with Gasteiger partial charge in [-0.05, 0) is 31.0 Å². The average molecular weight is 236 g/mol. The maximum Gasteiger partial charge on any atom is 0.213 e. The van der Waals surface area contributed by atoms with Crippen molar-refractivity contribution in [2.75, 3.05) is 5.32 Å². The third-order valence-electron chi connectivity index (χ3n) is 2.40. The first kappa shape index (κ1) is 11.6. The Labute approximate surface area is 97.6 Å². The van der Waals surface area contributed by atoms with E-state index in [1.54, 1.807) is 6.07 Å². The molecule has 90 valence electrons. The summed E-state index contributed by atoms with van der Waals surface area (Å²) in [4.78, 5) is 10.3. The highest BCUT2D eigenvalue weighted by atomic mass is 19.1. The van der Waals surface area contributed by atoms with Crippen LogP contribution in [0.5, 0.6) is 0 Å². The molecule has 0 radical (unpaired) electrons. The first-order chi connectivity index (χ1) is 8.10. The normalized spacial score (nSPS) is 12.6. The van der Waals surface area contributed by atoms with Gasteiger partial charge in [0.15, 0.2) is 0 Å². The molecule has 3 N–H and O–H groups in total. The van der Waals surface area contributed by atoms with Crippen molar-refractivity contribution in [2.24, 2.45) is 5.73 Å². The molecule has 1 unspecified atom stereocenters. The minimum atomic E-state index is -0.341. The van der Waals surface area contributed by atoms with Gasteiger partial charge < -0.3 is 10.2 Å². The Morgan fingerprint density at radius 3 is 2.94 bits per heavy atom. The van der Waals surface area contributed by atoms with Gasteiger partial charge in [0, 0.05) is 17.5 Å². The second-order valence-corrected chi connectivity index (χ2v) is 4.04. The van der Waals surface area contributed by atoms with Crippen molar-refractivity contribution < 1.29 is 13.6 Å². The molecule has 4 nitrogen and oxygen atoms in total. The second-order valence-electron chi connectivity index (χ2n) is 4.04. The zero-order valence-electron chi connectivity index (χ0n) is 9.37. The maximum atomic E-state index is 13.4.